The van der Waals surface area contributed by atoms with Crippen molar-refractivity contribution in [2.75, 3.05) is 0 Å². The van der Waals surface area contributed by atoms with E-state index in [-0.39, 0.29) is 5.52 Å². The number of aromatic nitrogens is 1. The highest BCUT2D eigenvalue weighted by atomic mass is 19.4. The second-order valence-electron chi connectivity index (χ2n) is 8.89. The molecule has 0 saturated carbocycles. The Hall–Kier alpha value is -2.58. The number of halogens is 3. The van der Waals surface area contributed by atoms with Crippen LogP contribution in [-0.4, -0.2) is 23.3 Å². The summed E-state index contributed by atoms with van der Waals surface area (Å²) in [5.74, 6) is 0. The Kier molecular flexibility index (Phi) is 4.87. The molecule has 0 spiro atoms. The molecule has 2 heterocycles. The molecule has 0 amide bonds. The molecule has 1 aliphatic rings. The molecule has 2 aromatic carbocycles. The van der Waals surface area contributed by atoms with E-state index >= 15 is 0 Å². The van der Waals surface area contributed by atoms with Crippen LogP contribution in [0.15, 0.2) is 47.3 Å². The highest BCUT2D eigenvalue weighted by molar-refractivity contribution is 6.62. The van der Waals surface area contributed by atoms with E-state index in [1.165, 1.54) is 6.07 Å². The summed E-state index contributed by atoms with van der Waals surface area (Å²) in [7, 11) is -0.621. The van der Waals surface area contributed by atoms with Crippen LogP contribution >= 0.6 is 0 Å². The SMILES string of the molecule is Cc1c(-c2cccc(B3OC(C)(C)C(C)(C)O3)c2)c2cccc(C(F)(F)F)c2[nH]c1=O. The highest BCUT2D eigenvalue weighted by Crippen LogP contribution is 2.38. The minimum atomic E-state index is -4.58. The highest BCUT2D eigenvalue weighted by Gasteiger charge is 2.51. The lowest BCUT2D eigenvalue weighted by atomic mass is 9.77. The molecule has 0 aliphatic carbocycles. The number of hydrogen-bond acceptors (Lipinski definition) is 3. The van der Waals surface area contributed by atoms with Crippen molar-refractivity contribution in [1.29, 1.82) is 0 Å². The number of para-hydroxylation sites is 1. The van der Waals surface area contributed by atoms with Crippen molar-refractivity contribution in [3.63, 3.8) is 0 Å². The van der Waals surface area contributed by atoms with Gasteiger partial charge < -0.3 is 14.3 Å². The van der Waals surface area contributed by atoms with Gasteiger partial charge >= 0.3 is 13.3 Å². The van der Waals surface area contributed by atoms with E-state index in [1.54, 1.807) is 25.1 Å². The maximum atomic E-state index is 13.5. The van der Waals surface area contributed by atoms with Gasteiger partial charge in [0.1, 0.15) is 0 Å². The Labute approximate surface area is 178 Å². The average molecular weight is 429 g/mol. The Bertz CT molecular complexity index is 1210. The van der Waals surface area contributed by atoms with Crippen LogP contribution < -0.4 is 11.0 Å². The normalized spacial score (nSPS) is 18.0. The number of benzene rings is 2. The Morgan fingerprint density at radius 2 is 1.58 bits per heavy atom. The molecule has 8 heteroatoms. The Balaban J connectivity index is 1.90. The van der Waals surface area contributed by atoms with Gasteiger partial charge in [0.2, 0.25) is 0 Å². The summed E-state index contributed by atoms with van der Waals surface area (Å²) in [5.41, 5.74) is -0.534. The van der Waals surface area contributed by atoms with E-state index in [1.807, 2.05) is 39.8 Å². The summed E-state index contributed by atoms with van der Waals surface area (Å²) >= 11 is 0. The standard InChI is InChI=1S/C23H23BF3NO3/c1-13-18(16-10-7-11-17(23(25,26)27)19(16)28-20(13)29)14-8-6-9-15(12-14)24-30-21(2,3)22(4,5)31-24/h6-12H,1-5H3,(H,28,29). The molecular formula is C23H23BF3NO3. The van der Waals surface area contributed by atoms with Crippen LogP contribution in [0.25, 0.3) is 22.0 Å². The molecule has 1 saturated heterocycles. The van der Waals surface area contributed by atoms with Crippen molar-refractivity contribution >= 4 is 23.5 Å². The lowest BCUT2D eigenvalue weighted by Gasteiger charge is -2.32. The predicted octanol–water partition coefficient (Wildman–Crippen LogP) is 4.82. The van der Waals surface area contributed by atoms with Crippen LogP contribution in [0.5, 0.6) is 0 Å². The molecule has 31 heavy (non-hydrogen) atoms. The summed E-state index contributed by atoms with van der Waals surface area (Å²) in [4.78, 5) is 15.0. The van der Waals surface area contributed by atoms with E-state index in [9.17, 15) is 18.0 Å². The molecule has 1 aromatic heterocycles. The minimum Gasteiger partial charge on any atom is -0.399 e. The number of nitrogens with one attached hydrogen (secondary N) is 1. The second kappa shape index (κ2) is 6.97. The van der Waals surface area contributed by atoms with E-state index in [4.69, 9.17) is 9.31 Å². The number of alkyl halides is 3. The van der Waals surface area contributed by atoms with Gasteiger partial charge in [-0.05, 0) is 57.3 Å². The molecule has 1 fully saturated rings. The van der Waals surface area contributed by atoms with Crippen LogP contribution in [0.2, 0.25) is 0 Å². The summed E-state index contributed by atoms with van der Waals surface area (Å²) in [6, 6.07) is 11.1. The fraction of sp³-hybridized carbons (Fsp3) is 0.348. The molecule has 4 nitrogen and oxygen atoms in total. The van der Waals surface area contributed by atoms with Gasteiger partial charge in [-0.3, -0.25) is 4.79 Å². The third-order valence-corrected chi connectivity index (χ3v) is 6.29. The number of pyridine rings is 1. The van der Waals surface area contributed by atoms with Crippen LogP contribution in [0.1, 0.15) is 38.8 Å². The summed E-state index contributed by atoms with van der Waals surface area (Å²) < 4.78 is 52.8. The Morgan fingerprint density at radius 3 is 2.19 bits per heavy atom. The smallest absolute Gasteiger partial charge is 0.399 e. The van der Waals surface area contributed by atoms with Crippen LogP contribution in [-0.2, 0) is 15.5 Å². The number of aromatic amines is 1. The number of fused-ring (bicyclic) bond motifs is 1. The summed E-state index contributed by atoms with van der Waals surface area (Å²) in [5, 5.41) is 0.331. The van der Waals surface area contributed by atoms with E-state index < -0.39 is 35.6 Å². The van der Waals surface area contributed by atoms with Crippen LogP contribution in [0, 0.1) is 6.92 Å². The van der Waals surface area contributed by atoms with Crippen LogP contribution in [0.4, 0.5) is 13.2 Å². The lowest BCUT2D eigenvalue weighted by molar-refractivity contribution is -0.136. The number of hydrogen-bond donors (Lipinski definition) is 1. The Morgan fingerprint density at radius 1 is 0.968 bits per heavy atom. The lowest BCUT2D eigenvalue weighted by Crippen LogP contribution is -2.41. The third-order valence-electron chi connectivity index (χ3n) is 6.29. The fourth-order valence-corrected chi connectivity index (χ4v) is 3.85. The van der Waals surface area contributed by atoms with Gasteiger partial charge in [-0.2, -0.15) is 13.2 Å². The topological polar surface area (TPSA) is 51.3 Å². The predicted molar refractivity (Wildman–Crippen MR) is 115 cm³/mol. The monoisotopic (exact) mass is 429 g/mol. The average Bonchev–Trinajstić information content (AvgIpc) is 2.89. The molecule has 3 aromatic rings. The van der Waals surface area contributed by atoms with Gasteiger partial charge in [0.15, 0.2) is 0 Å². The summed E-state index contributed by atoms with van der Waals surface area (Å²) in [6.45, 7) is 9.40. The molecule has 0 radical (unpaired) electrons. The zero-order valence-corrected chi connectivity index (χ0v) is 18.0. The molecule has 4 rings (SSSR count). The first-order valence-electron chi connectivity index (χ1n) is 10.0. The first-order chi connectivity index (χ1) is 14.3. The van der Waals surface area contributed by atoms with Crippen LogP contribution in [0.3, 0.4) is 0 Å². The van der Waals surface area contributed by atoms with E-state index in [2.05, 4.69) is 4.98 Å². The van der Waals surface area contributed by atoms with E-state index in [0.29, 0.717) is 22.1 Å². The van der Waals surface area contributed by atoms with Crippen molar-refractivity contribution < 1.29 is 22.5 Å². The van der Waals surface area contributed by atoms with Crippen molar-refractivity contribution in [2.24, 2.45) is 0 Å². The molecule has 0 atom stereocenters. The number of rotatable bonds is 2. The largest absolute Gasteiger partial charge is 0.494 e. The van der Waals surface area contributed by atoms with Crippen molar-refractivity contribution in [2.45, 2.75) is 52.0 Å². The maximum absolute atomic E-state index is 13.5. The van der Waals surface area contributed by atoms with Gasteiger partial charge in [-0.1, -0.05) is 36.4 Å². The molecule has 0 unspecified atom stereocenters. The molecule has 1 N–H and O–H groups in total. The third kappa shape index (κ3) is 3.57. The van der Waals surface area contributed by atoms with Crippen molar-refractivity contribution in [1.82, 2.24) is 4.98 Å². The molecular weight excluding hydrogens is 406 g/mol. The van der Waals surface area contributed by atoms with Gasteiger partial charge in [0.05, 0.1) is 22.3 Å². The zero-order valence-electron chi connectivity index (χ0n) is 18.0. The first-order valence-corrected chi connectivity index (χ1v) is 10.0. The van der Waals surface area contributed by atoms with Crippen molar-refractivity contribution in [3.05, 3.63) is 63.9 Å². The first kappa shape index (κ1) is 21.6. The number of H-pyrrole nitrogens is 1. The van der Waals surface area contributed by atoms with Gasteiger partial charge in [-0.25, -0.2) is 0 Å². The van der Waals surface area contributed by atoms with Crippen molar-refractivity contribution in [3.8, 4) is 11.1 Å². The maximum Gasteiger partial charge on any atom is 0.494 e. The quantitative estimate of drug-likeness (QED) is 0.595. The zero-order chi connectivity index (χ0) is 22.8. The van der Waals surface area contributed by atoms with Gasteiger partial charge in [0.25, 0.3) is 5.56 Å². The van der Waals surface area contributed by atoms with Gasteiger partial charge in [0, 0.05) is 10.9 Å². The molecule has 162 valence electrons. The minimum absolute atomic E-state index is 0.221. The van der Waals surface area contributed by atoms with E-state index in [0.717, 1.165) is 11.5 Å². The molecule has 0 bridgehead atoms. The summed E-state index contributed by atoms with van der Waals surface area (Å²) in [6.07, 6.45) is -4.58. The van der Waals surface area contributed by atoms with Gasteiger partial charge in [-0.15, -0.1) is 0 Å². The fourth-order valence-electron chi connectivity index (χ4n) is 3.85. The molecule has 1 aliphatic heterocycles. The second-order valence-corrected chi connectivity index (χ2v) is 8.89.